The predicted octanol–water partition coefficient (Wildman–Crippen LogP) is 4.21. The number of benzene rings is 1. The molecule has 0 radical (unpaired) electrons. The molecule has 21 heavy (non-hydrogen) atoms. The Morgan fingerprint density at radius 1 is 1.10 bits per heavy atom. The molecular formula is C18H28N2O. The van der Waals surface area contributed by atoms with Crippen molar-refractivity contribution in [3.05, 3.63) is 29.8 Å². The highest BCUT2D eigenvalue weighted by molar-refractivity contribution is 5.94. The summed E-state index contributed by atoms with van der Waals surface area (Å²) in [4.78, 5) is 12.3. The summed E-state index contributed by atoms with van der Waals surface area (Å²) >= 11 is 0. The molecule has 0 bridgehead atoms. The second-order valence-electron chi connectivity index (χ2n) is 6.10. The van der Waals surface area contributed by atoms with E-state index in [2.05, 4.69) is 24.5 Å². The quantitative estimate of drug-likeness (QED) is 0.823. The normalized spacial score (nSPS) is 21.8. The standard InChI is InChI=1S/C18H28N2O/c1-3-13-19-16-11-7-15(8-12-16)18(21)20-17-9-5-14(4-2)6-10-17/h7-8,11-12,14,17,19H,3-6,9-10,13H2,1-2H3,(H,20,21). The summed E-state index contributed by atoms with van der Waals surface area (Å²) in [7, 11) is 0. The molecule has 0 unspecified atom stereocenters. The first kappa shape index (κ1) is 15.9. The van der Waals surface area contributed by atoms with Crippen LogP contribution in [0.2, 0.25) is 0 Å². The average molecular weight is 288 g/mol. The van der Waals surface area contributed by atoms with Crippen molar-refractivity contribution in [1.29, 1.82) is 0 Å². The van der Waals surface area contributed by atoms with Crippen LogP contribution in [0.5, 0.6) is 0 Å². The Morgan fingerprint density at radius 2 is 1.76 bits per heavy atom. The molecule has 0 heterocycles. The minimum absolute atomic E-state index is 0.0667. The van der Waals surface area contributed by atoms with Crippen molar-refractivity contribution in [2.45, 2.75) is 58.4 Å². The molecular weight excluding hydrogens is 260 g/mol. The number of anilines is 1. The van der Waals surface area contributed by atoms with Crippen molar-refractivity contribution in [3.63, 3.8) is 0 Å². The van der Waals surface area contributed by atoms with Crippen molar-refractivity contribution in [3.8, 4) is 0 Å². The number of hydrogen-bond donors (Lipinski definition) is 2. The zero-order chi connectivity index (χ0) is 15.1. The van der Waals surface area contributed by atoms with Crippen LogP contribution in [0.3, 0.4) is 0 Å². The van der Waals surface area contributed by atoms with Crippen LogP contribution in [0, 0.1) is 5.92 Å². The predicted molar refractivity (Wildman–Crippen MR) is 88.7 cm³/mol. The van der Waals surface area contributed by atoms with Gasteiger partial charge in [-0.15, -0.1) is 0 Å². The fourth-order valence-electron chi connectivity index (χ4n) is 2.99. The zero-order valence-electron chi connectivity index (χ0n) is 13.3. The van der Waals surface area contributed by atoms with E-state index in [0.29, 0.717) is 6.04 Å². The molecule has 1 aliphatic carbocycles. The second-order valence-corrected chi connectivity index (χ2v) is 6.10. The summed E-state index contributed by atoms with van der Waals surface area (Å²) in [6.07, 6.45) is 7.12. The summed E-state index contributed by atoms with van der Waals surface area (Å²) in [5.74, 6) is 0.930. The van der Waals surface area contributed by atoms with Crippen molar-refractivity contribution >= 4 is 11.6 Å². The van der Waals surface area contributed by atoms with Crippen molar-refractivity contribution in [2.75, 3.05) is 11.9 Å². The Balaban J connectivity index is 1.83. The molecule has 3 nitrogen and oxygen atoms in total. The highest BCUT2D eigenvalue weighted by Gasteiger charge is 2.21. The molecule has 1 aromatic carbocycles. The molecule has 2 N–H and O–H groups in total. The first-order valence-corrected chi connectivity index (χ1v) is 8.37. The smallest absolute Gasteiger partial charge is 0.251 e. The minimum atomic E-state index is 0.0667. The van der Waals surface area contributed by atoms with E-state index in [1.165, 1.54) is 19.3 Å². The number of amides is 1. The SMILES string of the molecule is CCCNc1ccc(C(=O)NC2CCC(CC)CC2)cc1. The summed E-state index contributed by atoms with van der Waals surface area (Å²) < 4.78 is 0. The van der Waals surface area contributed by atoms with E-state index in [0.717, 1.165) is 43.0 Å². The van der Waals surface area contributed by atoms with E-state index < -0.39 is 0 Å². The summed E-state index contributed by atoms with van der Waals surface area (Å²) in [6.45, 7) is 5.37. The minimum Gasteiger partial charge on any atom is -0.385 e. The summed E-state index contributed by atoms with van der Waals surface area (Å²) in [6, 6.07) is 8.14. The van der Waals surface area contributed by atoms with Gasteiger partial charge in [0.15, 0.2) is 0 Å². The third-order valence-corrected chi connectivity index (χ3v) is 4.49. The van der Waals surface area contributed by atoms with Crippen LogP contribution >= 0.6 is 0 Å². The lowest BCUT2D eigenvalue weighted by Gasteiger charge is -2.28. The lowest BCUT2D eigenvalue weighted by molar-refractivity contribution is 0.0921. The largest absolute Gasteiger partial charge is 0.385 e. The Bertz CT molecular complexity index is 433. The molecule has 1 saturated carbocycles. The number of rotatable bonds is 6. The lowest BCUT2D eigenvalue weighted by Crippen LogP contribution is -2.37. The molecule has 1 aromatic rings. The van der Waals surface area contributed by atoms with Gasteiger partial charge in [0.05, 0.1) is 0 Å². The highest BCUT2D eigenvalue weighted by atomic mass is 16.1. The van der Waals surface area contributed by atoms with Crippen LogP contribution in [0.4, 0.5) is 5.69 Å². The zero-order valence-corrected chi connectivity index (χ0v) is 13.3. The molecule has 0 atom stereocenters. The van der Waals surface area contributed by atoms with Crippen LogP contribution in [0.1, 0.15) is 62.7 Å². The van der Waals surface area contributed by atoms with Gasteiger partial charge in [0.2, 0.25) is 0 Å². The number of carbonyl (C=O) groups excluding carboxylic acids is 1. The molecule has 0 aliphatic heterocycles. The van der Waals surface area contributed by atoms with Crippen LogP contribution in [0.25, 0.3) is 0 Å². The van der Waals surface area contributed by atoms with Gasteiger partial charge in [-0.05, 0) is 62.3 Å². The fraction of sp³-hybridized carbons (Fsp3) is 0.611. The van der Waals surface area contributed by atoms with Gasteiger partial charge in [-0.25, -0.2) is 0 Å². The maximum absolute atomic E-state index is 12.3. The third kappa shape index (κ3) is 4.76. The van der Waals surface area contributed by atoms with Gasteiger partial charge >= 0.3 is 0 Å². The Morgan fingerprint density at radius 3 is 2.33 bits per heavy atom. The van der Waals surface area contributed by atoms with Crippen LogP contribution in [-0.4, -0.2) is 18.5 Å². The molecule has 0 spiro atoms. The van der Waals surface area contributed by atoms with Gasteiger partial charge in [-0.1, -0.05) is 20.3 Å². The monoisotopic (exact) mass is 288 g/mol. The lowest BCUT2D eigenvalue weighted by atomic mass is 9.84. The van der Waals surface area contributed by atoms with Gasteiger partial charge in [-0.3, -0.25) is 4.79 Å². The van der Waals surface area contributed by atoms with Crippen LogP contribution in [-0.2, 0) is 0 Å². The van der Waals surface area contributed by atoms with Crippen LogP contribution < -0.4 is 10.6 Å². The molecule has 116 valence electrons. The topological polar surface area (TPSA) is 41.1 Å². The van der Waals surface area contributed by atoms with Gasteiger partial charge in [0.1, 0.15) is 0 Å². The Kier molecular flexibility index (Phi) is 6.09. The summed E-state index contributed by atoms with van der Waals surface area (Å²) in [5.41, 5.74) is 1.84. The molecule has 1 aliphatic rings. The Labute approximate surface area is 128 Å². The van der Waals surface area contributed by atoms with Crippen molar-refractivity contribution in [2.24, 2.45) is 5.92 Å². The maximum Gasteiger partial charge on any atom is 0.251 e. The van der Waals surface area contributed by atoms with E-state index >= 15 is 0 Å². The van der Waals surface area contributed by atoms with E-state index in [1.807, 2.05) is 24.3 Å². The van der Waals surface area contributed by atoms with Crippen molar-refractivity contribution in [1.82, 2.24) is 5.32 Å². The summed E-state index contributed by atoms with van der Waals surface area (Å²) in [5, 5.41) is 6.50. The molecule has 3 heteroatoms. The molecule has 0 aromatic heterocycles. The number of nitrogens with one attached hydrogen (secondary N) is 2. The second kappa shape index (κ2) is 8.06. The fourth-order valence-corrected chi connectivity index (χ4v) is 2.99. The van der Waals surface area contributed by atoms with Crippen LogP contribution in [0.15, 0.2) is 24.3 Å². The first-order chi connectivity index (χ1) is 10.2. The third-order valence-electron chi connectivity index (χ3n) is 4.49. The molecule has 0 saturated heterocycles. The van der Waals surface area contributed by atoms with E-state index in [1.54, 1.807) is 0 Å². The van der Waals surface area contributed by atoms with E-state index in [9.17, 15) is 4.79 Å². The number of hydrogen-bond acceptors (Lipinski definition) is 2. The van der Waals surface area contributed by atoms with Gasteiger partial charge in [-0.2, -0.15) is 0 Å². The highest BCUT2D eigenvalue weighted by Crippen LogP contribution is 2.26. The van der Waals surface area contributed by atoms with Gasteiger partial charge < -0.3 is 10.6 Å². The first-order valence-electron chi connectivity index (χ1n) is 8.37. The molecule has 1 amide bonds. The van der Waals surface area contributed by atoms with Crippen molar-refractivity contribution < 1.29 is 4.79 Å². The maximum atomic E-state index is 12.3. The van der Waals surface area contributed by atoms with E-state index in [-0.39, 0.29) is 5.91 Å². The average Bonchev–Trinajstić information content (AvgIpc) is 2.54. The van der Waals surface area contributed by atoms with E-state index in [4.69, 9.17) is 0 Å². The molecule has 1 fully saturated rings. The number of carbonyl (C=O) groups is 1. The Hall–Kier alpha value is -1.51. The van der Waals surface area contributed by atoms with Gasteiger partial charge in [0, 0.05) is 23.8 Å². The molecule has 2 rings (SSSR count). The van der Waals surface area contributed by atoms with Gasteiger partial charge in [0.25, 0.3) is 5.91 Å².